The summed E-state index contributed by atoms with van der Waals surface area (Å²) in [6.07, 6.45) is 0.542. The molecule has 0 saturated carbocycles. The van der Waals surface area contributed by atoms with Crippen LogP contribution in [0.25, 0.3) is 0 Å². The van der Waals surface area contributed by atoms with Crippen LogP contribution in [0, 0.1) is 0 Å². The molecule has 1 aromatic rings. The number of aliphatic carboxylic acids is 1. The molecule has 0 saturated heterocycles. The third-order valence-electron chi connectivity index (χ3n) is 5.91. The zero-order valence-electron chi connectivity index (χ0n) is 19.4. The Morgan fingerprint density at radius 2 is 1.59 bits per heavy atom. The molecule has 1 unspecified atom stereocenters. The molecule has 2 atom stereocenters. The Labute approximate surface area is 181 Å². The molecule has 0 aliphatic carbocycles. The van der Waals surface area contributed by atoms with Gasteiger partial charge in [-0.05, 0) is 56.5 Å². The van der Waals surface area contributed by atoms with Crippen molar-refractivity contribution in [2.45, 2.75) is 90.5 Å². The van der Waals surface area contributed by atoms with Crippen LogP contribution in [-0.2, 0) is 21.1 Å². The molecule has 0 amide bonds. The first-order chi connectivity index (χ1) is 13.2. The van der Waals surface area contributed by atoms with E-state index in [0.29, 0.717) is 13.0 Å². The Balaban J connectivity index is 3.27. The number of hydrogen-bond acceptors (Lipinski definition) is 3. The van der Waals surface area contributed by atoms with Crippen molar-refractivity contribution in [3.8, 4) is 0 Å². The molecule has 0 bridgehead atoms. The van der Waals surface area contributed by atoms with Gasteiger partial charge in [-0.1, -0.05) is 52.0 Å². The Hall–Kier alpha value is -1.02. The number of nitrogens with zero attached hydrogens (tertiary/aromatic N) is 1. The van der Waals surface area contributed by atoms with E-state index >= 15 is 0 Å². The lowest BCUT2D eigenvalue weighted by Crippen LogP contribution is -2.46. The molecule has 0 aromatic heterocycles. The highest BCUT2D eigenvalue weighted by Crippen LogP contribution is 2.38. The molecule has 0 spiro atoms. The summed E-state index contributed by atoms with van der Waals surface area (Å²) in [6.45, 7) is 19.4. The van der Waals surface area contributed by atoms with Crippen molar-refractivity contribution in [3.05, 3.63) is 35.4 Å². The van der Waals surface area contributed by atoms with Gasteiger partial charge in [-0.25, -0.2) is 8.51 Å². The van der Waals surface area contributed by atoms with E-state index < -0.39 is 20.2 Å². The third kappa shape index (κ3) is 6.74. The number of carbonyl (C=O) groups is 1. The molecule has 0 fully saturated rings. The van der Waals surface area contributed by atoms with Gasteiger partial charge in [0.15, 0.2) is 8.32 Å². The van der Waals surface area contributed by atoms with Crippen molar-refractivity contribution >= 4 is 26.1 Å². The highest BCUT2D eigenvalue weighted by Gasteiger charge is 2.39. The van der Waals surface area contributed by atoms with Crippen molar-refractivity contribution < 1.29 is 18.5 Å². The maximum Gasteiger partial charge on any atom is 0.310 e. The second-order valence-electron chi connectivity index (χ2n) is 10.1. The smallest absolute Gasteiger partial charge is 0.310 e. The van der Waals surface area contributed by atoms with Crippen LogP contribution in [-0.4, -0.2) is 40.1 Å². The van der Waals surface area contributed by atoms with E-state index in [-0.39, 0.29) is 28.5 Å². The lowest BCUT2D eigenvalue weighted by Gasteiger charge is -2.41. The van der Waals surface area contributed by atoms with Crippen molar-refractivity contribution in [3.63, 3.8) is 0 Å². The summed E-state index contributed by atoms with van der Waals surface area (Å²) < 4.78 is 20.5. The molecule has 1 rings (SSSR count). The molecule has 29 heavy (non-hydrogen) atoms. The highest BCUT2D eigenvalue weighted by atomic mass is 32.2. The Morgan fingerprint density at radius 3 is 1.93 bits per heavy atom. The first-order valence-corrected chi connectivity index (χ1v) is 13.9. The summed E-state index contributed by atoms with van der Waals surface area (Å²) in [6, 6.07) is 7.45. The number of benzene rings is 1. The average molecular weight is 442 g/mol. The second-order valence-corrected chi connectivity index (χ2v) is 15.6. The van der Waals surface area contributed by atoms with Gasteiger partial charge in [0.2, 0.25) is 0 Å². The molecular weight excluding hydrogens is 402 g/mol. The van der Waals surface area contributed by atoms with E-state index in [9.17, 15) is 14.1 Å². The van der Waals surface area contributed by atoms with Gasteiger partial charge >= 0.3 is 5.97 Å². The van der Waals surface area contributed by atoms with E-state index in [1.54, 1.807) is 0 Å². The lowest BCUT2D eigenvalue weighted by molar-refractivity contribution is -0.138. The molecule has 7 heteroatoms. The summed E-state index contributed by atoms with van der Waals surface area (Å²) in [5.74, 6) is -1.32. The van der Waals surface area contributed by atoms with Crippen LogP contribution in [0.4, 0.5) is 0 Å². The van der Waals surface area contributed by atoms with Crippen molar-refractivity contribution in [2.24, 2.45) is 0 Å². The van der Waals surface area contributed by atoms with E-state index in [1.165, 1.54) is 0 Å². The predicted octanol–water partition coefficient (Wildman–Crippen LogP) is 5.29. The predicted molar refractivity (Wildman–Crippen MR) is 124 cm³/mol. The van der Waals surface area contributed by atoms with Crippen LogP contribution in [0.5, 0.6) is 0 Å². The number of hydrogen-bond donors (Lipinski definition) is 2. The SMILES string of the molecule is CCC(C(=O)O)c1ccc([C@@H](CO[Si](C)(C)C(C)(C)C)N([SH]=O)C(C)(C)C)cc1. The van der Waals surface area contributed by atoms with Crippen LogP contribution in [0.1, 0.15) is 78.0 Å². The Bertz CT molecular complexity index is 692. The fraction of sp³-hybridized carbons (Fsp3) is 0.682. The van der Waals surface area contributed by atoms with Gasteiger partial charge in [0.1, 0.15) is 0 Å². The van der Waals surface area contributed by atoms with Crippen molar-refractivity contribution in [1.82, 2.24) is 4.31 Å². The molecule has 0 radical (unpaired) electrons. The minimum absolute atomic E-state index is 0.0591. The molecular formula is C22H39NO4SSi. The molecule has 5 nitrogen and oxygen atoms in total. The van der Waals surface area contributed by atoms with E-state index in [0.717, 1.165) is 11.1 Å². The molecule has 1 N–H and O–H groups in total. The number of thiol groups is 1. The van der Waals surface area contributed by atoms with Gasteiger partial charge in [-0.3, -0.25) is 4.79 Å². The monoisotopic (exact) mass is 441 g/mol. The number of carboxylic acid groups (broad SMARTS) is 1. The molecule has 0 aliphatic rings. The standard InChI is InChI=1S/C22H39NO4SSi/c1-10-18(20(24)25)16-11-13-17(14-12-16)19(23(28-26)21(2,3)4)15-27-29(8,9)22(5,6)7/h11-14,18-19,28H,10,15H2,1-9H3,(H,24,25)/t18?,19-/m1/s1. The first kappa shape index (κ1) is 26.0. The fourth-order valence-electron chi connectivity index (χ4n) is 2.96. The molecule has 0 aliphatic heterocycles. The van der Waals surface area contributed by atoms with Crippen molar-refractivity contribution in [2.75, 3.05) is 6.61 Å². The maximum absolute atomic E-state index is 12.1. The number of rotatable bonds is 9. The zero-order chi connectivity index (χ0) is 22.6. The zero-order valence-corrected chi connectivity index (χ0v) is 21.3. The summed E-state index contributed by atoms with van der Waals surface area (Å²) in [4.78, 5) is 11.5. The largest absolute Gasteiger partial charge is 0.481 e. The van der Waals surface area contributed by atoms with Crippen molar-refractivity contribution in [1.29, 1.82) is 0 Å². The molecule has 0 heterocycles. The summed E-state index contributed by atoms with van der Waals surface area (Å²) in [5.41, 5.74) is 1.44. The third-order valence-corrected chi connectivity index (χ3v) is 11.5. The van der Waals surface area contributed by atoms with Gasteiger partial charge < -0.3 is 9.53 Å². The minimum Gasteiger partial charge on any atom is -0.481 e. The maximum atomic E-state index is 12.1. The van der Waals surface area contributed by atoms with Gasteiger partial charge in [0.05, 0.1) is 30.4 Å². The van der Waals surface area contributed by atoms with Crippen LogP contribution in [0.15, 0.2) is 24.3 Å². The topological polar surface area (TPSA) is 66.8 Å². The van der Waals surface area contributed by atoms with Gasteiger partial charge in [-0.2, -0.15) is 0 Å². The van der Waals surface area contributed by atoms with Gasteiger partial charge in [0.25, 0.3) is 0 Å². The normalized spacial score (nSPS) is 15.4. The average Bonchev–Trinajstić information content (AvgIpc) is 2.57. The van der Waals surface area contributed by atoms with E-state index in [1.807, 2.05) is 56.3 Å². The Morgan fingerprint density at radius 1 is 1.10 bits per heavy atom. The lowest BCUT2D eigenvalue weighted by atomic mass is 9.94. The van der Waals surface area contributed by atoms with Crippen LogP contribution in [0.3, 0.4) is 0 Å². The van der Waals surface area contributed by atoms with Gasteiger partial charge in [0, 0.05) is 5.54 Å². The second kappa shape index (κ2) is 9.86. The number of carboxylic acids is 1. The van der Waals surface area contributed by atoms with Crippen LogP contribution >= 0.6 is 0 Å². The summed E-state index contributed by atoms with van der Waals surface area (Å²) in [7, 11) is -1.98. The first-order valence-electron chi connectivity index (χ1n) is 10.2. The fourth-order valence-corrected chi connectivity index (χ4v) is 4.53. The minimum atomic E-state index is -1.98. The van der Waals surface area contributed by atoms with Gasteiger partial charge in [-0.15, -0.1) is 0 Å². The summed E-state index contributed by atoms with van der Waals surface area (Å²) >= 11 is -0.0591. The van der Waals surface area contributed by atoms with E-state index in [4.69, 9.17) is 4.43 Å². The summed E-state index contributed by atoms with van der Waals surface area (Å²) in [5, 5.41) is 9.50. The van der Waals surface area contributed by atoms with E-state index in [2.05, 4.69) is 33.9 Å². The van der Waals surface area contributed by atoms with Crippen LogP contribution < -0.4 is 0 Å². The highest BCUT2D eigenvalue weighted by molar-refractivity contribution is 7.63. The molecule has 166 valence electrons. The van der Waals surface area contributed by atoms with Crippen LogP contribution in [0.2, 0.25) is 18.1 Å². The molecule has 1 aromatic carbocycles. The quantitative estimate of drug-likeness (QED) is 0.404. The Kier molecular flexibility index (Phi) is 8.84.